The van der Waals surface area contributed by atoms with Crippen molar-refractivity contribution in [1.29, 1.82) is 0 Å². The molecule has 3 heterocycles. The van der Waals surface area contributed by atoms with E-state index in [4.69, 9.17) is 0 Å². The lowest BCUT2D eigenvalue weighted by molar-refractivity contribution is 0.00192. The number of benzene rings is 1. The van der Waals surface area contributed by atoms with Gasteiger partial charge in [-0.2, -0.15) is 0 Å². The molecule has 55 heavy (non-hydrogen) atoms. The van der Waals surface area contributed by atoms with Crippen LogP contribution in [0.3, 0.4) is 0 Å². The fourth-order valence-corrected chi connectivity index (χ4v) is 14.9. The summed E-state index contributed by atoms with van der Waals surface area (Å²) in [7, 11) is 0. The lowest BCUT2D eigenvalue weighted by atomic mass is 9.25. The molecule has 1 aromatic carbocycles. The van der Waals surface area contributed by atoms with Crippen LogP contribution in [0, 0.1) is 39.4 Å². The summed E-state index contributed by atoms with van der Waals surface area (Å²) in [6, 6.07) is 9.27. The maximum absolute atomic E-state index is 3.28. The molecule has 1 aromatic rings. The Hall–Kier alpha value is -1.74. The van der Waals surface area contributed by atoms with Crippen molar-refractivity contribution in [3.8, 4) is 0 Å². The molecule has 0 N–H and O–H groups in total. The number of rotatable bonds is 2. The summed E-state index contributed by atoms with van der Waals surface area (Å²) >= 11 is 0. The van der Waals surface area contributed by atoms with Crippen LogP contribution in [-0.2, 0) is 0 Å². The number of fused-ring (bicyclic) bond motifs is 5. The molecule has 4 fully saturated rings. The van der Waals surface area contributed by atoms with Crippen molar-refractivity contribution in [2.45, 2.75) is 215 Å². The molecule has 2 saturated heterocycles. The summed E-state index contributed by atoms with van der Waals surface area (Å²) < 4.78 is 0. The van der Waals surface area contributed by atoms with Gasteiger partial charge in [0.25, 0.3) is 0 Å². The molecular formula is C52H79BN2. The van der Waals surface area contributed by atoms with Crippen LogP contribution in [0.4, 0.5) is 5.69 Å². The highest BCUT2D eigenvalue weighted by Gasteiger charge is 2.70. The Bertz CT molecular complexity index is 1770. The van der Waals surface area contributed by atoms with Gasteiger partial charge in [0.2, 0.25) is 6.71 Å². The summed E-state index contributed by atoms with van der Waals surface area (Å²) in [5.41, 5.74) is 15.3. The van der Waals surface area contributed by atoms with E-state index in [1.807, 2.05) is 16.6 Å². The van der Waals surface area contributed by atoms with Crippen LogP contribution in [0.5, 0.6) is 0 Å². The average molecular weight is 743 g/mol. The van der Waals surface area contributed by atoms with Gasteiger partial charge in [-0.05, 0) is 135 Å². The van der Waals surface area contributed by atoms with Crippen molar-refractivity contribution >= 4 is 17.9 Å². The molecule has 0 bridgehead atoms. The second-order valence-electron chi connectivity index (χ2n) is 24.5. The quantitative estimate of drug-likeness (QED) is 0.220. The van der Waals surface area contributed by atoms with E-state index >= 15 is 0 Å². The van der Waals surface area contributed by atoms with Gasteiger partial charge >= 0.3 is 0 Å². The molecule has 1 spiro atoms. The number of anilines is 1. The predicted molar refractivity (Wildman–Crippen MR) is 237 cm³/mol. The van der Waals surface area contributed by atoms with Gasteiger partial charge in [0.05, 0.1) is 0 Å². The van der Waals surface area contributed by atoms with Crippen molar-refractivity contribution < 1.29 is 0 Å². The summed E-state index contributed by atoms with van der Waals surface area (Å²) in [6.07, 6.45) is 24.6. The van der Waals surface area contributed by atoms with Gasteiger partial charge < -0.3 is 4.90 Å². The molecule has 0 aromatic heterocycles. The van der Waals surface area contributed by atoms with Crippen molar-refractivity contribution in [2.24, 2.45) is 39.4 Å². The van der Waals surface area contributed by atoms with E-state index < -0.39 is 0 Å². The minimum absolute atomic E-state index is 0.158. The number of allylic oxidation sites excluding steroid dienone is 4. The van der Waals surface area contributed by atoms with Crippen LogP contribution >= 0.6 is 0 Å². The molecule has 3 aliphatic heterocycles. The molecule has 6 atom stereocenters. The van der Waals surface area contributed by atoms with E-state index in [1.54, 1.807) is 28.1 Å². The molecule has 9 rings (SSSR count). The van der Waals surface area contributed by atoms with Crippen molar-refractivity contribution in [1.82, 2.24) is 4.90 Å². The first-order chi connectivity index (χ1) is 25.8. The van der Waals surface area contributed by atoms with Crippen LogP contribution in [0.15, 0.2) is 52.3 Å². The smallest absolute Gasteiger partial charge is 0.216 e. The Balaban J connectivity index is 1.30. The minimum atomic E-state index is 0.158. The van der Waals surface area contributed by atoms with Crippen molar-refractivity contribution in [3.63, 3.8) is 0 Å². The standard InChI is InChI=1S/C52H79BN2/c1-33-27-43-46-44(28-33)55-47-40(23-22-39(50(8,9)10)45(47)52(51(55,11)12)25-17-14-18-26-52)53(46)41-29-35(34-19-15-13-16-20-34)21-24-42(41)54(43)38-31-36(48(2,3)4)30-37(32-38)49(5,6)7/h21,24,29,31,33-34,36-37,40,44,47H,13-20,22-23,25-28,30,32H2,1-12H3. The fourth-order valence-electron chi connectivity index (χ4n) is 14.9. The van der Waals surface area contributed by atoms with Crippen LogP contribution in [0.1, 0.15) is 197 Å². The molecule has 2 nitrogen and oxygen atoms in total. The Kier molecular flexibility index (Phi) is 9.26. The van der Waals surface area contributed by atoms with E-state index in [2.05, 4.69) is 117 Å². The van der Waals surface area contributed by atoms with Gasteiger partial charge in [0.1, 0.15) is 0 Å². The first kappa shape index (κ1) is 38.8. The predicted octanol–water partition coefficient (Wildman–Crippen LogP) is 13.8. The second-order valence-corrected chi connectivity index (χ2v) is 24.5. The molecule has 2 saturated carbocycles. The molecule has 0 amide bonds. The molecule has 5 aliphatic carbocycles. The molecular weight excluding hydrogens is 663 g/mol. The van der Waals surface area contributed by atoms with E-state index in [1.165, 1.54) is 103 Å². The normalized spacial score (nSPS) is 33.8. The van der Waals surface area contributed by atoms with Crippen LogP contribution in [0.25, 0.3) is 0 Å². The highest BCUT2D eigenvalue weighted by molar-refractivity contribution is 6.83. The van der Waals surface area contributed by atoms with Gasteiger partial charge in [0, 0.05) is 40.1 Å². The van der Waals surface area contributed by atoms with E-state index in [0.29, 0.717) is 47.8 Å². The summed E-state index contributed by atoms with van der Waals surface area (Å²) in [5.74, 6) is 3.36. The molecule has 8 aliphatic rings. The van der Waals surface area contributed by atoms with Gasteiger partial charge in [-0.25, -0.2) is 0 Å². The fraction of sp³-hybridized carbons (Fsp3) is 0.769. The van der Waals surface area contributed by atoms with Crippen LogP contribution < -0.4 is 10.4 Å². The number of nitrogens with zero attached hydrogens (tertiary/aromatic N) is 2. The largest absolute Gasteiger partial charge is 0.320 e. The first-order valence-electron chi connectivity index (χ1n) is 23.7. The van der Waals surface area contributed by atoms with Crippen LogP contribution in [-0.4, -0.2) is 29.2 Å². The third kappa shape index (κ3) is 5.93. The SMILES string of the molecule is CC1CC2=C3B(c4cc(C5CCCCC5)ccc4N2C2=CC(C(C)(C)C)CC(C(C)(C)C)C2)C2CCC(C(C)(C)C)=C4C2N(C3C1)C(C)(C)C41CCCCC1. The maximum Gasteiger partial charge on any atom is 0.216 e. The van der Waals surface area contributed by atoms with Gasteiger partial charge in [-0.1, -0.05) is 149 Å². The first-order valence-corrected chi connectivity index (χ1v) is 23.7. The van der Waals surface area contributed by atoms with E-state index in [9.17, 15) is 0 Å². The zero-order chi connectivity index (χ0) is 39.0. The number of hydrogen-bond acceptors (Lipinski definition) is 2. The molecule has 3 heteroatoms. The highest BCUT2D eigenvalue weighted by Crippen LogP contribution is 2.70. The van der Waals surface area contributed by atoms with Gasteiger partial charge in [-0.3, -0.25) is 4.90 Å². The molecule has 6 unspecified atom stereocenters. The molecule has 0 radical (unpaired) electrons. The second kappa shape index (κ2) is 13.1. The Morgan fingerprint density at radius 1 is 0.782 bits per heavy atom. The third-order valence-corrected chi connectivity index (χ3v) is 17.9. The minimum Gasteiger partial charge on any atom is -0.320 e. The topological polar surface area (TPSA) is 6.48 Å². The Labute approximate surface area is 338 Å². The summed E-state index contributed by atoms with van der Waals surface area (Å²) in [5, 5.41) is 0. The average Bonchev–Trinajstić information content (AvgIpc) is 3.31. The lowest BCUT2D eigenvalue weighted by Crippen LogP contribution is -2.67. The third-order valence-electron chi connectivity index (χ3n) is 17.9. The zero-order valence-corrected chi connectivity index (χ0v) is 37.6. The van der Waals surface area contributed by atoms with Gasteiger partial charge in [0.15, 0.2) is 0 Å². The Morgan fingerprint density at radius 3 is 2.13 bits per heavy atom. The highest BCUT2D eigenvalue weighted by atomic mass is 15.3. The molecule has 300 valence electrons. The summed E-state index contributed by atoms with van der Waals surface area (Å²) in [6.45, 7) is 31.5. The monoisotopic (exact) mass is 743 g/mol. The van der Waals surface area contributed by atoms with E-state index in [-0.39, 0.29) is 21.8 Å². The van der Waals surface area contributed by atoms with Crippen LogP contribution in [0.2, 0.25) is 5.82 Å². The zero-order valence-electron chi connectivity index (χ0n) is 37.6. The summed E-state index contributed by atoms with van der Waals surface area (Å²) in [4.78, 5) is 6.26. The van der Waals surface area contributed by atoms with Crippen molar-refractivity contribution in [2.75, 3.05) is 4.90 Å². The lowest BCUT2D eigenvalue weighted by Gasteiger charge is -2.59. The maximum atomic E-state index is 3.28. The number of hydrogen-bond donors (Lipinski definition) is 0. The van der Waals surface area contributed by atoms with E-state index in [0.717, 1.165) is 5.92 Å². The Morgan fingerprint density at radius 2 is 1.47 bits per heavy atom. The van der Waals surface area contributed by atoms with Crippen molar-refractivity contribution in [3.05, 3.63) is 57.9 Å². The van der Waals surface area contributed by atoms with Gasteiger partial charge in [-0.15, -0.1) is 0 Å².